The molecule has 0 bridgehead atoms. The lowest BCUT2D eigenvalue weighted by Crippen LogP contribution is -2.23. The summed E-state index contributed by atoms with van der Waals surface area (Å²) in [6, 6.07) is 10.2. The second-order valence-electron chi connectivity index (χ2n) is 5.51. The third kappa shape index (κ3) is 3.70. The number of carbonyl (C=O) groups excluding carboxylic acids is 1. The van der Waals surface area contributed by atoms with Crippen LogP contribution in [-0.4, -0.2) is 40.7 Å². The molecule has 1 aromatic carbocycles. The molecule has 2 aromatic rings. The van der Waals surface area contributed by atoms with Crippen molar-refractivity contribution in [2.24, 2.45) is 0 Å². The molecule has 0 radical (unpaired) electrons. The van der Waals surface area contributed by atoms with Crippen LogP contribution in [0.2, 0.25) is 0 Å². The topological polar surface area (TPSA) is 50.2 Å². The molecule has 21 heavy (non-hydrogen) atoms. The summed E-state index contributed by atoms with van der Waals surface area (Å²) in [5.41, 5.74) is 2.59. The normalized spacial score (nSPS) is 10.9. The molecule has 1 heterocycles. The van der Waals surface area contributed by atoms with Crippen LogP contribution in [0, 0.1) is 0 Å². The zero-order valence-electron chi connectivity index (χ0n) is 13.0. The fraction of sp³-hybridized carbons (Fsp3) is 0.375. The lowest BCUT2D eigenvalue weighted by molar-refractivity contribution is 0.0821. The SMILES string of the molecule is CC(C)NCc1ccccc1-n1ccc(C(=O)N(C)C)n1. The summed E-state index contributed by atoms with van der Waals surface area (Å²) in [6.07, 6.45) is 1.82. The summed E-state index contributed by atoms with van der Waals surface area (Å²) in [6.45, 7) is 5.00. The molecule has 0 spiro atoms. The second-order valence-corrected chi connectivity index (χ2v) is 5.51. The van der Waals surface area contributed by atoms with E-state index < -0.39 is 0 Å². The molecular formula is C16H22N4O. The van der Waals surface area contributed by atoms with Crippen molar-refractivity contribution in [2.45, 2.75) is 26.4 Å². The first kappa shape index (κ1) is 15.3. The highest BCUT2D eigenvalue weighted by Crippen LogP contribution is 2.14. The maximum atomic E-state index is 11.9. The molecule has 5 nitrogen and oxygen atoms in total. The lowest BCUT2D eigenvalue weighted by Gasteiger charge is -2.12. The molecule has 1 amide bonds. The first-order valence-electron chi connectivity index (χ1n) is 7.08. The predicted molar refractivity (Wildman–Crippen MR) is 83.6 cm³/mol. The van der Waals surface area contributed by atoms with Crippen molar-refractivity contribution in [3.8, 4) is 5.69 Å². The number of amides is 1. The van der Waals surface area contributed by atoms with Crippen LogP contribution in [0.3, 0.4) is 0 Å². The monoisotopic (exact) mass is 286 g/mol. The van der Waals surface area contributed by atoms with Gasteiger partial charge in [-0.1, -0.05) is 32.0 Å². The molecule has 0 saturated heterocycles. The van der Waals surface area contributed by atoms with Crippen LogP contribution in [0.15, 0.2) is 36.5 Å². The van der Waals surface area contributed by atoms with E-state index >= 15 is 0 Å². The molecule has 0 aliphatic rings. The van der Waals surface area contributed by atoms with Crippen molar-refractivity contribution >= 4 is 5.91 Å². The van der Waals surface area contributed by atoms with Crippen molar-refractivity contribution in [2.75, 3.05) is 14.1 Å². The third-order valence-electron chi connectivity index (χ3n) is 3.15. The van der Waals surface area contributed by atoms with Crippen LogP contribution in [0.5, 0.6) is 0 Å². The molecule has 112 valence electrons. The Bertz CT molecular complexity index is 616. The van der Waals surface area contributed by atoms with Crippen LogP contribution in [0.4, 0.5) is 0 Å². The first-order chi connectivity index (χ1) is 9.99. The number of hydrogen-bond donors (Lipinski definition) is 1. The number of nitrogens with zero attached hydrogens (tertiary/aromatic N) is 3. The highest BCUT2D eigenvalue weighted by atomic mass is 16.2. The van der Waals surface area contributed by atoms with Gasteiger partial charge in [0.25, 0.3) is 5.91 Å². The summed E-state index contributed by atoms with van der Waals surface area (Å²) >= 11 is 0. The minimum atomic E-state index is -0.0912. The smallest absolute Gasteiger partial charge is 0.273 e. The Labute approximate surface area is 125 Å². The van der Waals surface area contributed by atoms with Gasteiger partial charge in [0.2, 0.25) is 0 Å². The van der Waals surface area contributed by atoms with Gasteiger partial charge in [-0.3, -0.25) is 4.79 Å². The Balaban J connectivity index is 2.28. The number of carbonyl (C=O) groups is 1. The van der Waals surface area contributed by atoms with Gasteiger partial charge >= 0.3 is 0 Å². The molecule has 2 rings (SSSR count). The first-order valence-corrected chi connectivity index (χ1v) is 7.08. The van der Waals surface area contributed by atoms with Crippen molar-refractivity contribution in [1.29, 1.82) is 0 Å². The van der Waals surface area contributed by atoms with Gasteiger partial charge in [-0.15, -0.1) is 0 Å². The van der Waals surface area contributed by atoms with Gasteiger partial charge in [-0.2, -0.15) is 5.10 Å². The van der Waals surface area contributed by atoms with Gasteiger partial charge in [0.1, 0.15) is 0 Å². The van der Waals surface area contributed by atoms with E-state index in [2.05, 4.69) is 30.3 Å². The van der Waals surface area contributed by atoms with E-state index in [1.807, 2.05) is 24.4 Å². The predicted octanol–water partition coefficient (Wildman–Crippen LogP) is 2.07. The Morgan fingerprint density at radius 2 is 2.00 bits per heavy atom. The van der Waals surface area contributed by atoms with E-state index in [0.29, 0.717) is 11.7 Å². The Morgan fingerprint density at radius 3 is 2.67 bits per heavy atom. The summed E-state index contributed by atoms with van der Waals surface area (Å²) in [4.78, 5) is 13.5. The molecule has 0 saturated carbocycles. The largest absolute Gasteiger partial charge is 0.343 e. The summed E-state index contributed by atoms with van der Waals surface area (Å²) < 4.78 is 1.76. The van der Waals surface area contributed by atoms with Gasteiger partial charge in [-0.05, 0) is 17.7 Å². The van der Waals surface area contributed by atoms with E-state index in [4.69, 9.17) is 0 Å². The molecule has 0 fully saturated rings. The van der Waals surface area contributed by atoms with Crippen molar-refractivity contribution < 1.29 is 4.79 Å². The number of hydrogen-bond acceptors (Lipinski definition) is 3. The average molecular weight is 286 g/mol. The summed E-state index contributed by atoms with van der Waals surface area (Å²) in [7, 11) is 3.45. The van der Waals surface area contributed by atoms with Crippen LogP contribution in [0.25, 0.3) is 5.69 Å². The Morgan fingerprint density at radius 1 is 1.29 bits per heavy atom. The minimum absolute atomic E-state index is 0.0912. The Hall–Kier alpha value is -2.14. The quantitative estimate of drug-likeness (QED) is 0.915. The Kier molecular flexibility index (Phi) is 4.75. The zero-order valence-corrected chi connectivity index (χ0v) is 13.0. The number of rotatable bonds is 5. The van der Waals surface area contributed by atoms with E-state index in [1.165, 1.54) is 4.90 Å². The van der Waals surface area contributed by atoms with Gasteiger partial charge in [0, 0.05) is 32.9 Å². The van der Waals surface area contributed by atoms with E-state index in [1.54, 1.807) is 24.8 Å². The zero-order chi connectivity index (χ0) is 15.4. The van der Waals surface area contributed by atoms with Crippen molar-refractivity contribution in [3.05, 3.63) is 47.8 Å². The number of aromatic nitrogens is 2. The van der Waals surface area contributed by atoms with Gasteiger partial charge in [0.05, 0.1) is 5.69 Å². The van der Waals surface area contributed by atoms with Gasteiger partial charge < -0.3 is 10.2 Å². The second kappa shape index (κ2) is 6.54. The molecule has 0 aliphatic carbocycles. The maximum absolute atomic E-state index is 11.9. The molecular weight excluding hydrogens is 264 g/mol. The third-order valence-corrected chi connectivity index (χ3v) is 3.15. The fourth-order valence-electron chi connectivity index (χ4n) is 2.00. The highest BCUT2D eigenvalue weighted by Gasteiger charge is 2.13. The van der Waals surface area contributed by atoms with Crippen molar-refractivity contribution in [3.63, 3.8) is 0 Å². The minimum Gasteiger partial charge on any atom is -0.343 e. The van der Waals surface area contributed by atoms with Gasteiger partial charge in [-0.25, -0.2) is 4.68 Å². The van der Waals surface area contributed by atoms with Crippen LogP contribution >= 0.6 is 0 Å². The number of nitrogens with one attached hydrogen (secondary N) is 1. The molecule has 1 aromatic heterocycles. The fourth-order valence-corrected chi connectivity index (χ4v) is 2.00. The van der Waals surface area contributed by atoms with Crippen LogP contribution in [0.1, 0.15) is 29.9 Å². The van der Waals surface area contributed by atoms with E-state index in [9.17, 15) is 4.79 Å². The molecule has 0 unspecified atom stereocenters. The van der Waals surface area contributed by atoms with E-state index in [-0.39, 0.29) is 5.91 Å². The maximum Gasteiger partial charge on any atom is 0.273 e. The standard InChI is InChI=1S/C16H22N4O/c1-12(2)17-11-13-7-5-6-8-15(13)20-10-9-14(18-20)16(21)19(3)4/h5-10,12,17H,11H2,1-4H3. The van der Waals surface area contributed by atoms with E-state index in [0.717, 1.165) is 17.8 Å². The average Bonchev–Trinajstić information content (AvgIpc) is 2.94. The summed E-state index contributed by atoms with van der Waals surface area (Å²) in [5.74, 6) is -0.0912. The van der Waals surface area contributed by atoms with Crippen molar-refractivity contribution in [1.82, 2.24) is 20.0 Å². The molecule has 0 aliphatic heterocycles. The summed E-state index contributed by atoms with van der Waals surface area (Å²) in [5, 5.41) is 7.79. The highest BCUT2D eigenvalue weighted by molar-refractivity contribution is 5.91. The van der Waals surface area contributed by atoms with Crippen LogP contribution < -0.4 is 5.32 Å². The number of para-hydroxylation sites is 1. The van der Waals surface area contributed by atoms with Gasteiger partial charge in [0.15, 0.2) is 5.69 Å². The molecule has 5 heteroatoms. The lowest BCUT2D eigenvalue weighted by atomic mass is 10.1. The van der Waals surface area contributed by atoms with Crippen LogP contribution in [-0.2, 0) is 6.54 Å². The number of benzene rings is 1. The molecule has 1 N–H and O–H groups in total. The molecule has 0 atom stereocenters.